The molecule has 0 spiro atoms. The first-order chi connectivity index (χ1) is 11.0. The third-order valence-corrected chi connectivity index (χ3v) is 6.02. The Hall–Kier alpha value is -1.89. The molecule has 1 aromatic carbocycles. The number of carbonyl (C=O) groups is 2. The van der Waals surface area contributed by atoms with Crippen LogP contribution in [0.5, 0.6) is 0 Å². The van der Waals surface area contributed by atoms with Crippen molar-refractivity contribution in [3.8, 4) is 0 Å². The first kappa shape index (κ1) is 16.0. The largest absolute Gasteiger partial charge is 0.343 e. The van der Waals surface area contributed by atoms with Gasteiger partial charge in [0.25, 0.3) is 5.91 Å². The Kier molecular flexibility index (Phi) is 4.39. The van der Waals surface area contributed by atoms with Crippen molar-refractivity contribution in [2.45, 2.75) is 31.3 Å². The van der Waals surface area contributed by atoms with Crippen molar-refractivity contribution in [2.75, 3.05) is 18.1 Å². The molecule has 2 fully saturated rings. The molecule has 1 saturated heterocycles. The molecule has 0 radical (unpaired) electrons. The van der Waals surface area contributed by atoms with E-state index in [4.69, 9.17) is 0 Å². The second kappa shape index (κ2) is 6.31. The molecule has 1 unspecified atom stereocenters. The summed E-state index contributed by atoms with van der Waals surface area (Å²) < 4.78 is 23.3. The summed E-state index contributed by atoms with van der Waals surface area (Å²) in [6.07, 6.45) is 2.32. The quantitative estimate of drug-likeness (QED) is 0.853. The molecule has 6 nitrogen and oxygen atoms in total. The van der Waals surface area contributed by atoms with Crippen LogP contribution in [0.2, 0.25) is 0 Å². The predicted molar refractivity (Wildman–Crippen MR) is 85.7 cm³/mol. The van der Waals surface area contributed by atoms with Gasteiger partial charge in [-0.2, -0.15) is 0 Å². The van der Waals surface area contributed by atoms with Crippen LogP contribution in [-0.2, 0) is 14.6 Å². The van der Waals surface area contributed by atoms with Gasteiger partial charge in [-0.25, -0.2) is 8.42 Å². The number of amides is 2. The zero-order valence-corrected chi connectivity index (χ0v) is 13.6. The normalized spacial score (nSPS) is 22.5. The molecule has 3 rings (SSSR count). The van der Waals surface area contributed by atoms with E-state index in [2.05, 4.69) is 5.32 Å². The van der Waals surface area contributed by atoms with E-state index < -0.39 is 9.84 Å². The molecule has 2 amide bonds. The monoisotopic (exact) mass is 336 g/mol. The maximum Gasteiger partial charge on any atom is 0.251 e. The Morgan fingerprint density at radius 2 is 1.78 bits per heavy atom. The van der Waals surface area contributed by atoms with Crippen molar-refractivity contribution in [3.05, 3.63) is 35.9 Å². The third-order valence-electron chi connectivity index (χ3n) is 4.27. The van der Waals surface area contributed by atoms with Gasteiger partial charge in [0.15, 0.2) is 9.84 Å². The van der Waals surface area contributed by atoms with Crippen LogP contribution in [-0.4, -0.2) is 55.3 Å². The van der Waals surface area contributed by atoms with Crippen LogP contribution in [0.3, 0.4) is 0 Å². The molecule has 23 heavy (non-hydrogen) atoms. The molecule has 1 atom stereocenters. The molecule has 1 aromatic rings. The second-order valence-corrected chi connectivity index (χ2v) is 8.37. The summed E-state index contributed by atoms with van der Waals surface area (Å²) in [5, 5.41) is 2.63. The van der Waals surface area contributed by atoms with Crippen LogP contribution in [0.25, 0.3) is 0 Å². The first-order valence-corrected chi connectivity index (χ1v) is 9.63. The number of hydrogen-bond acceptors (Lipinski definition) is 4. The smallest absolute Gasteiger partial charge is 0.251 e. The van der Waals surface area contributed by atoms with Crippen LogP contribution in [0.15, 0.2) is 30.3 Å². The molecule has 1 aliphatic carbocycles. The molecule has 1 saturated carbocycles. The summed E-state index contributed by atoms with van der Waals surface area (Å²) >= 11 is 0. The van der Waals surface area contributed by atoms with E-state index in [1.54, 1.807) is 29.2 Å². The minimum absolute atomic E-state index is 0.0435. The van der Waals surface area contributed by atoms with Crippen LogP contribution < -0.4 is 5.32 Å². The summed E-state index contributed by atoms with van der Waals surface area (Å²) in [5.74, 6) is -0.306. The van der Waals surface area contributed by atoms with Gasteiger partial charge in [-0.3, -0.25) is 9.59 Å². The SMILES string of the molecule is O=C(NCC(=O)N(C1CC1)C1CCS(=O)(=O)C1)c1ccccc1. The summed E-state index contributed by atoms with van der Waals surface area (Å²) in [5.41, 5.74) is 0.502. The van der Waals surface area contributed by atoms with Gasteiger partial charge in [-0.15, -0.1) is 0 Å². The lowest BCUT2D eigenvalue weighted by atomic mass is 10.2. The summed E-state index contributed by atoms with van der Waals surface area (Å²) in [6, 6.07) is 8.59. The van der Waals surface area contributed by atoms with Gasteiger partial charge >= 0.3 is 0 Å². The number of hydrogen-bond donors (Lipinski definition) is 1. The lowest BCUT2D eigenvalue weighted by Gasteiger charge is -2.28. The van der Waals surface area contributed by atoms with E-state index in [1.165, 1.54) is 0 Å². The highest BCUT2D eigenvalue weighted by Crippen LogP contribution is 2.32. The fourth-order valence-electron chi connectivity index (χ4n) is 2.99. The van der Waals surface area contributed by atoms with Gasteiger partial charge in [0.05, 0.1) is 18.1 Å². The lowest BCUT2D eigenvalue weighted by Crippen LogP contribution is -2.47. The van der Waals surface area contributed by atoms with Crippen molar-refractivity contribution in [3.63, 3.8) is 0 Å². The number of carbonyl (C=O) groups excluding carboxylic acids is 2. The molecule has 124 valence electrons. The van der Waals surface area contributed by atoms with Gasteiger partial charge in [-0.1, -0.05) is 18.2 Å². The number of rotatable bonds is 5. The minimum Gasteiger partial charge on any atom is -0.343 e. The molecule has 0 aromatic heterocycles. The number of benzene rings is 1. The first-order valence-electron chi connectivity index (χ1n) is 7.81. The number of sulfone groups is 1. The van der Waals surface area contributed by atoms with Crippen LogP contribution in [0.4, 0.5) is 0 Å². The van der Waals surface area contributed by atoms with E-state index in [9.17, 15) is 18.0 Å². The fourth-order valence-corrected chi connectivity index (χ4v) is 4.70. The van der Waals surface area contributed by atoms with Crippen molar-refractivity contribution in [1.82, 2.24) is 10.2 Å². The fraction of sp³-hybridized carbons (Fsp3) is 0.500. The van der Waals surface area contributed by atoms with E-state index >= 15 is 0 Å². The zero-order chi connectivity index (χ0) is 16.4. The molecule has 2 aliphatic rings. The zero-order valence-electron chi connectivity index (χ0n) is 12.8. The Labute approximate surface area is 135 Å². The summed E-state index contributed by atoms with van der Waals surface area (Å²) in [7, 11) is -3.04. The van der Waals surface area contributed by atoms with Gasteiger partial charge in [0, 0.05) is 17.6 Å². The van der Waals surface area contributed by atoms with Gasteiger partial charge in [0.1, 0.15) is 0 Å². The number of nitrogens with one attached hydrogen (secondary N) is 1. The molecule has 1 heterocycles. The molecule has 0 bridgehead atoms. The Morgan fingerprint density at radius 1 is 1.09 bits per heavy atom. The minimum atomic E-state index is -3.04. The highest BCUT2D eigenvalue weighted by Gasteiger charge is 2.41. The molecule has 1 aliphatic heterocycles. The third kappa shape index (κ3) is 3.90. The summed E-state index contributed by atoms with van der Waals surface area (Å²) in [6.45, 7) is -0.0965. The van der Waals surface area contributed by atoms with Crippen molar-refractivity contribution in [1.29, 1.82) is 0 Å². The van der Waals surface area contributed by atoms with Crippen molar-refractivity contribution in [2.24, 2.45) is 0 Å². The van der Waals surface area contributed by atoms with Crippen molar-refractivity contribution >= 4 is 21.7 Å². The molecular formula is C16H20N2O4S. The standard InChI is InChI=1S/C16H20N2O4S/c19-15(10-17-16(20)12-4-2-1-3-5-12)18(13-6-7-13)14-8-9-23(21,22)11-14/h1-5,13-14H,6-11H2,(H,17,20). The predicted octanol–water partition coefficient (Wildman–Crippen LogP) is 0.595. The topological polar surface area (TPSA) is 83.6 Å². The molecule has 1 N–H and O–H groups in total. The van der Waals surface area contributed by atoms with E-state index in [-0.39, 0.29) is 41.9 Å². The highest BCUT2D eigenvalue weighted by molar-refractivity contribution is 7.91. The Morgan fingerprint density at radius 3 is 2.35 bits per heavy atom. The molecule has 7 heteroatoms. The van der Waals surface area contributed by atoms with E-state index in [0.29, 0.717) is 12.0 Å². The van der Waals surface area contributed by atoms with Crippen LogP contribution in [0, 0.1) is 0 Å². The van der Waals surface area contributed by atoms with Gasteiger partial charge in [0.2, 0.25) is 5.91 Å². The summed E-state index contributed by atoms with van der Waals surface area (Å²) in [4.78, 5) is 26.2. The molecular weight excluding hydrogens is 316 g/mol. The van der Waals surface area contributed by atoms with Gasteiger partial charge < -0.3 is 10.2 Å². The van der Waals surface area contributed by atoms with Gasteiger partial charge in [-0.05, 0) is 31.4 Å². The van der Waals surface area contributed by atoms with E-state index in [1.807, 2.05) is 6.07 Å². The van der Waals surface area contributed by atoms with Crippen LogP contribution >= 0.6 is 0 Å². The van der Waals surface area contributed by atoms with Crippen molar-refractivity contribution < 1.29 is 18.0 Å². The number of nitrogens with zero attached hydrogens (tertiary/aromatic N) is 1. The average Bonchev–Trinajstić information content (AvgIpc) is 3.29. The Bertz CT molecular complexity index is 698. The second-order valence-electron chi connectivity index (χ2n) is 6.14. The maximum atomic E-state index is 12.5. The highest BCUT2D eigenvalue weighted by atomic mass is 32.2. The van der Waals surface area contributed by atoms with E-state index in [0.717, 1.165) is 12.8 Å². The average molecular weight is 336 g/mol. The maximum absolute atomic E-state index is 12.5. The Balaban J connectivity index is 1.60. The lowest BCUT2D eigenvalue weighted by molar-refractivity contribution is -0.132. The van der Waals surface area contributed by atoms with Crippen LogP contribution in [0.1, 0.15) is 29.6 Å².